The number of aliphatic hydroxyl groups is 1. The van der Waals surface area contributed by atoms with E-state index in [0.29, 0.717) is 24.2 Å². The Morgan fingerprint density at radius 2 is 1.93 bits per heavy atom. The first-order chi connectivity index (χ1) is 13.6. The minimum Gasteiger partial charge on any atom is -0.495 e. The number of nitrogens with zero attached hydrogens (tertiary/aromatic N) is 2. The number of hydrogen-bond donors (Lipinski definition) is 2. The van der Waals surface area contributed by atoms with E-state index in [2.05, 4.69) is 15.2 Å². The van der Waals surface area contributed by atoms with Crippen LogP contribution in [0.25, 0.3) is 0 Å². The molecule has 0 spiro atoms. The van der Waals surface area contributed by atoms with Crippen LogP contribution < -0.4 is 15.0 Å². The predicted molar refractivity (Wildman–Crippen MR) is 108 cm³/mol. The van der Waals surface area contributed by atoms with E-state index in [0.717, 1.165) is 18.7 Å². The first-order valence-electron chi connectivity index (χ1n) is 9.97. The fourth-order valence-electron chi connectivity index (χ4n) is 4.12. The molecule has 0 unspecified atom stereocenters. The van der Waals surface area contributed by atoms with Crippen LogP contribution >= 0.6 is 0 Å². The number of ether oxygens (including phenoxy) is 1. The minimum absolute atomic E-state index is 0.109. The number of hydrogen-bond acceptors (Lipinski definition) is 5. The lowest BCUT2D eigenvalue weighted by Crippen LogP contribution is -2.41. The molecular weight excluding hydrogens is 354 g/mol. The van der Waals surface area contributed by atoms with Gasteiger partial charge in [0.25, 0.3) is 5.91 Å². The van der Waals surface area contributed by atoms with Crippen LogP contribution in [0.4, 0.5) is 5.69 Å². The van der Waals surface area contributed by atoms with Crippen LogP contribution in [0.1, 0.15) is 47.6 Å². The van der Waals surface area contributed by atoms with Crippen molar-refractivity contribution in [2.75, 3.05) is 25.1 Å². The van der Waals surface area contributed by atoms with Gasteiger partial charge in [-0.2, -0.15) is 0 Å². The summed E-state index contributed by atoms with van der Waals surface area (Å²) in [5.41, 5.74) is 2.71. The van der Waals surface area contributed by atoms with Crippen LogP contribution in [-0.2, 0) is 0 Å². The summed E-state index contributed by atoms with van der Waals surface area (Å²) in [6, 6.07) is 9.53. The summed E-state index contributed by atoms with van der Waals surface area (Å²) in [4.78, 5) is 19.5. The summed E-state index contributed by atoms with van der Waals surface area (Å²) in [6.45, 7) is 2.17. The van der Waals surface area contributed by atoms with Crippen molar-refractivity contribution in [2.45, 2.75) is 37.8 Å². The maximum Gasteiger partial charge on any atom is 0.251 e. The number of carbonyl (C=O) groups excluding carboxylic acids is 1. The van der Waals surface area contributed by atoms with Gasteiger partial charge in [-0.3, -0.25) is 9.78 Å². The Morgan fingerprint density at radius 1 is 1.21 bits per heavy atom. The first kappa shape index (κ1) is 18.7. The van der Waals surface area contributed by atoms with Crippen LogP contribution in [-0.4, -0.2) is 42.3 Å². The molecule has 4 rings (SSSR count). The van der Waals surface area contributed by atoms with Crippen LogP contribution in [0.2, 0.25) is 0 Å². The summed E-state index contributed by atoms with van der Waals surface area (Å²) < 4.78 is 5.28. The van der Waals surface area contributed by atoms with E-state index in [1.54, 1.807) is 19.5 Å². The van der Waals surface area contributed by atoms with Crippen molar-refractivity contribution in [3.05, 3.63) is 53.9 Å². The van der Waals surface area contributed by atoms with E-state index in [-0.39, 0.29) is 24.0 Å². The molecule has 0 bridgehead atoms. The van der Waals surface area contributed by atoms with Crippen molar-refractivity contribution >= 4 is 11.6 Å². The molecule has 2 fully saturated rings. The van der Waals surface area contributed by atoms with Crippen LogP contribution in [0, 0.1) is 5.92 Å². The Balaban J connectivity index is 1.50. The van der Waals surface area contributed by atoms with Crippen molar-refractivity contribution in [3.63, 3.8) is 0 Å². The molecule has 2 N–H and O–H groups in total. The maximum absolute atomic E-state index is 12.9. The summed E-state index contributed by atoms with van der Waals surface area (Å²) >= 11 is 0. The van der Waals surface area contributed by atoms with Crippen molar-refractivity contribution in [3.8, 4) is 5.75 Å². The molecular formula is C22H27N3O3. The quantitative estimate of drug-likeness (QED) is 0.805. The number of pyridine rings is 1. The van der Waals surface area contributed by atoms with Gasteiger partial charge in [-0.15, -0.1) is 0 Å². The van der Waals surface area contributed by atoms with Gasteiger partial charge in [0.15, 0.2) is 0 Å². The number of nitrogens with one attached hydrogen (secondary N) is 1. The molecule has 2 aliphatic rings. The molecule has 1 amide bonds. The van der Waals surface area contributed by atoms with Crippen LogP contribution in [0.3, 0.4) is 0 Å². The number of aliphatic hydroxyl groups excluding tert-OH is 1. The highest BCUT2D eigenvalue weighted by Crippen LogP contribution is 2.38. The SMILES string of the molecule is COc1cncc([C@H](NC(=O)c2ccc(N3CCCC3)cc2)C2CC(O)C2)c1. The van der Waals surface area contributed by atoms with E-state index in [1.165, 1.54) is 18.5 Å². The standard InChI is InChI=1S/C22H27N3O3/c1-28-20-12-17(13-23-14-20)21(16-10-19(26)11-16)24-22(27)15-4-6-18(7-5-15)25-8-2-3-9-25/h4-7,12-14,16,19,21,26H,2-3,8-11H2,1H3,(H,24,27)/t16?,19?,21-/m1/s1. The Morgan fingerprint density at radius 3 is 2.57 bits per heavy atom. The van der Waals surface area contributed by atoms with Crippen molar-refractivity contribution in [1.82, 2.24) is 10.3 Å². The zero-order valence-corrected chi connectivity index (χ0v) is 16.2. The van der Waals surface area contributed by atoms with E-state index < -0.39 is 0 Å². The number of benzene rings is 1. The van der Waals surface area contributed by atoms with Crippen LogP contribution in [0.15, 0.2) is 42.7 Å². The number of anilines is 1. The number of methoxy groups -OCH3 is 1. The van der Waals surface area contributed by atoms with Gasteiger partial charge < -0.3 is 20.1 Å². The molecule has 28 heavy (non-hydrogen) atoms. The lowest BCUT2D eigenvalue weighted by molar-refractivity contribution is 0.0234. The largest absolute Gasteiger partial charge is 0.495 e. The maximum atomic E-state index is 12.9. The molecule has 0 radical (unpaired) electrons. The second-order valence-electron chi connectivity index (χ2n) is 7.74. The normalized spacial score (nSPS) is 22.4. The lowest BCUT2D eigenvalue weighted by atomic mass is 9.75. The van der Waals surface area contributed by atoms with E-state index in [4.69, 9.17) is 4.74 Å². The Kier molecular flexibility index (Phi) is 5.48. The lowest BCUT2D eigenvalue weighted by Gasteiger charge is -2.38. The van der Waals surface area contributed by atoms with E-state index in [9.17, 15) is 9.90 Å². The zero-order valence-electron chi connectivity index (χ0n) is 16.2. The minimum atomic E-state index is -0.289. The van der Waals surface area contributed by atoms with E-state index >= 15 is 0 Å². The number of carbonyl (C=O) groups is 1. The highest BCUT2D eigenvalue weighted by molar-refractivity contribution is 5.94. The van der Waals surface area contributed by atoms with Gasteiger partial charge in [-0.1, -0.05) is 0 Å². The molecule has 6 nitrogen and oxygen atoms in total. The van der Waals surface area contributed by atoms with Crippen molar-refractivity contribution < 1.29 is 14.6 Å². The van der Waals surface area contributed by atoms with Gasteiger partial charge in [0.05, 0.1) is 25.5 Å². The van der Waals surface area contributed by atoms with Gasteiger partial charge in [0.2, 0.25) is 0 Å². The van der Waals surface area contributed by atoms with Gasteiger partial charge in [0.1, 0.15) is 5.75 Å². The molecule has 1 atom stereocenters. The zero-order chi connectivity index (χ0) is 19.5. The smallest absolute Gasteiger partial charge is 0.251 e. The van der Waals surface area contributed by atoms with Gasteiger partial charge in [-0.05, 0) is 67.5 Å². The topological polar surface area (TPSA) is 74.7 Å². The summed E-state index contributed by atoms with van der Waals surface area (Å²) in [5.74, 6) is 0.741. The molecule has 1 aromatic carbocycles. The highest BCUT2D eigenvalue weighted by atomic mass is 16.5. The molecule has 2 heterocycles. The summed E-state index contributed by atoms with van der Waals surface area (Å²) in [5, 5.41) is 12.9. The van der Waals surface area contributed by atoms with Gasteiger partial charge >= 0.3 is 0 Å². The fourth-order valence-corrected chi connectivity index (χ4v) is 4.12. The van der Waals surface area contributed by atoms with Crippen molar-refractivity contribution in [2.24, 2.45) is 5.92 Å². The average Bonchev–Trinajstić information content (AvgIpc) is 3.25. The van der Waals surface area contributed by atoms with Gasteiger partial charge in [0, 0.05) is 30.5 Å². The Labute approximate surface area is 165 Å². The predicted octanol–water partition coefficient (Wildman–Crippen LogP) is 2.93. The Hall–Kier alpha value is -2.60. The number of rotatable bonds is 6. The molecule has 1 aliphatic heterocycles. The second-order valence-corrected chi connectivity index (χ2v) is 7.74. The average molecular weight is 381 g/mol. The molecule has 2 aromatic rings. The highest BCUT2D eigenvalue weighted by Gasteiger charge is 2.36. The van der Waals surface area contributed by atoms with Gasteiger partial charge in [-0.25, -0.2) is 0 Å². The Bertz CT molecular complexity index is 812. The number of amides is 1. The molecule has 1 saturated heterocycles. The third kappa shape index (κ3) is 3.97. The second kappa shape index (κ2) is 8.19. The fraction of sp³-hybridized carbons (Fsp3) is 0.455. The molecule has 6 heteroatoms. The monoisotopic (exact) mass is 381 g/mol. The molecule has 1 saturated carbocycles. The number of aromatic nitrogens is 1. The van der Waals surface area contributed by atoms with Crippen molar-refractivity contribution in [1.29, 1.82) is 0 Å². The first-order valence-corrected chi connectivity index (χ1v) is 9.97. The summed E-state index contributed by atoms with van der Waals surface area (Å²) in [6.07, 6.45) is 6.93. The third-order valence-corrected chi connectivity index (χ3v) is 5.84. The molecule has 1 aliphatic carbocycles. The van der Waals surface area contributed by atoms with Crippen LogP contribution in [0.5, 0.6) is 5.75 Å². The molecule has 1 aromatic heterocycles. The van der Waals surface area contributed by atoms with E-state index in [1.807, 2.05) is 30.3 Å². The third-order valence-electron chi connectivity index (χ3n) is 5.84. The molecule has 148 valence electrons. The summed E-state index contributed by atoms with van der Waals surface area (Å²) in [7, 11) is 1.60.